The molecule has 0 amide bonds. The number of aromatic nitrogens is 4. The number of hydrogen-bond donors (Lipinski definition) is 0. The van der Waals surface area contributed by atoms with Crippen LogP contribution in [-0.4, -0.2) is 19.9 Å². The fourth-order valence-electron chi connectivity index (χ4n) is 4.77. The van der Waals surface area contributed by atoms with Crippen LogP contribution in [0.2, 0.25) is 0 Å². The molecule has 0 saturated heterocycles. The minimum absolute atomic E-state index is 0. The Morgan fingerprint density at radius 2 is 0.820 bits per heavy atom. The summed E-state index contributed by atoms with van der Waals surface area (Å²) in [5, 5.41) is 0. The molecule has 50 heavy (non-hydrogen) atoms. The first-order chi connectivity index (χ1) is 23.8. The van der Waals surface area contributed by atoms with E-state index in [1.165, 1.54) is 0 Å². The van der Waals surface area contributed by atoms with Gasteiger partial charge in [0.15, 0.2) is 0 Å². The Morgan fingerprint density at radius 3 is 1.24 bits per heavy atom. The van der Waals surface area contributed by atoms with Crippen molar-refractivity contribution in [2.24, 2.45) is 0 Å². The van der Waals surface area contributed by atoms with E-state index in [0.29, 0.717) is 0 Å². The zero-order valence-electron chi connectivity index (χ0n) is 26.7. The first-order valence-corrected chi connectivity index (χ1v) is 15.5. The monoisotopic (exact) mass is 1000 g/mol. The van der Waals surface area contributed by atoms with Gasteiger partial charge in [-0.15, -0.1) is 54.1 Å². The molecule has 0 atom stereocenters. The van der Waals surface area contributed by atoms with Gasteiger partial charge in [-0.25, -0.2) is 0 Å². The third-order valence-corrected chi connectivity index (χ3v) is 7.04. The quantitative estimate of drug-likeness (QED) is 0.161. The first kappa shape index (κ1) is 37.7. The average molecular weight is 1000 g/mol. The van der Waals surface area contributed by atoms with Crippen LogP contribution in [0, 0.1) is 24.3 Å². The summed E-state index contributed by atoms with van der Waals surface area (Å²) in [6.07, 6.45) is 5.38. The molecule has 0 N–H and O–H groups in total. The van der Waals surface area contributed by atoms with Gasteiger partial charge in [-0.2, -0.15) is 72.8 Å². The van der Waals surface area contributed by atoms with Gasteiger partial charge in [0.1, 0.15) is 0 Å². The van der Waals surface area contributed by atoms with E-state index < -0.39 is 0 Å². The fraction of sp³-hybridized carbons (Fsp3) is 0. The molecular formula is C44H30N4Pt2. The molecular weight excluding hydrogens is 975 g/mol. The standard InChI is InChI=1S/C32H20N4.2C6H5.2Pt/c1-2-10-23(11-3-1)31-21-25(22-32(36-31)30-14-6-9-17-35-30)24-18-26(28-12-4-7-15-33-28)20-27(19-24)29-13-5-8-16-34-29;2*1-2-4-6-5-3-1;;/h1-10,12-19,21-22H;2*1-5H;;/q-2;2*-1;2*+2. The second-order valence-electron chi connectivity index (χ2n) is 10.4. The fourth-order valence-corrected chi connectivity index (χ4v) is 4.77. The number of nitrogens with zero attached hydrogens (tertiary/aromatic N) is 4. The van der Waals surface area contributed by atoms with Crippen LogP contribution in [0.4, 0.5) is 0 Å². The van der Waals surface area contributed by atoms with Crippen LogP contribution in [-0.2, 0) is 42.1 Å². The predicted molar refractivity (Wildman–Crippen MR) is 193 cm³/mol. The zero-order valence-corrected chi connectivity index (χ0v) is 31.3. The third kappa shape index (κ3) is 10.9. The SMILES string of the molecule is [Pt+2].[Pt+2].[c-]1c(-c2ccccn2)cc(-c2cc(-c3[c-]cccc3)nc(-c3ccccn3)c2)cc1-c1ccccn1.[c-]1ccccc1.[c-]1ccccc1. The maximum atomic E-state index is 4.93. The van der Waals surface area contributed by atoms with Crippen LogP contribution < -0.4 is 0 Å². The molecule has 8 aromatic rings. The zero-order chi connectivity index (χ0) is 32.6. The Hall–Kier alpha value is -5.14. The first-order valence-electron chi connectivity index (χ1n) is 15.5. The average Bonchev–Trinajstić information content (AvgIpc) is 3.21. The Labute approximate surface area is 322 Å². The van der Waals surface area contributed by atoms with Gasteiger partial charge in [0.25, 0.3) is 0 Å². The molecule has 0 bridgehead atoms. The molecule has 4 nitrogen and oxygen atoms in total. The molecule has 4 aromatic carbocycles. The molecule has 0 aliphatic carbocycles. The topological polar surface area (TPSA) is 51.6 Å². The van der Waals surface area contributed by atoms with Crippen LogP contribution in [0.25, 0.3) is 56.3 Å². The minimum atomic E-state index is 0. The van der Waals surface area contributed by atoms with Crippen molar-refractivity contribution in [1.29, 1.82) is 0 Å². The van der Waals surface area contributed by atoms with Crippen LogP contribution in [0.15, 0.2) is 182 Å². The van der Waals surface area contributed by atoms with Gasteiger partial charge < -0.3 is 0 Å². The van der Waals surface area contributed by atoms with Crippen molar-refractivity contribution >= 4 is 0 Å². The summed E-state index contributed by atoms with van der Waals surface area (Å²) in [6.45, 7) is 0. The molecule has 246 valence electrons. The van der Waals surface area contributed by atoms with Gasteiger partial charge >= 0.3 is 42.1 Å². The van der Waals surface area contributed by atoms with Crippen LogP contribution in [0.1, 0.15) is 0 Å². The number of rotatable bonds is 5. The summed E-state index contributed by atoms with van der Waals surface area (Å²) in [5.74, 6) is 0. The normalized spacial score (nSPS) is 9.68. The van der Waals surface area contributed by atoms with Gasteiger partial charge in [-0.1, -0.05) is 53.1 Å². The van der Waals surface area contributed by atoms with Crippen LogP contribution >= 0.6 is 0 Å². The summed E-state index contributed by atoms with van der Waals surface area (Å²) < 4.78 is 0. The van der Waals surface area contributed by atoms with E-state index >= 15 is 0 Å². The maximum absolute atomic E-state index is 4.93. The predicted octanol–water partition coefficient (Wildman–Crippen LogP) is 10.2. The molecule has 0 aliphatic rings. The van der Waals surface area contributed by atoms with Crippen molar-refractivity contribution in [1.82, 2.24) is 19.9 Å². The maximum Gasteiger partial charge on any atom is 2.00 e. The number of hydrogen-bond acceptors (Lipinski definition) is 4. The van der Waals surface area contributed by atoms with Gasteiger partial charge in [0.2, 0.25) is 0 Å². The summed E-state index contributed by atoms with van der Waals surface area (Å²) in [5.41, 5.74) is 8.91. The summed E-state index contributed by atoms with van der Waals surface area (Å²) in [4.78, 5) is 18.6. The van der Waals surface area contributed by atoms with Gasteiger partial charge in [-0.3, -0.25) is 19.9 Å². The second kappa shape index (κ2) is 20.4. The van der Waals surface area contributed by atoms with Gasteiger partial charge in [0.05, 0.1) is 11.4 Å². The van der Waals surface area contributed by atoms with E-state index in [4.69, 9.17) is 4.98 Å². The van der Waals surface area contributed by atoms with Crippen molar-refractivity contribution in [3.63, 3.8) is 0 Å². The molecule has 0 radical (unpaired) electrons. The minimum Gasteiger partial charge on any atom is -0.295 e. The Kier molecular flexibility index (Phi) is 15.4. The molecule has 0 aliphatic heterocycles. The van der Waals surface area contributed by atoms with E-state index in [1.807, 2.05) is 140 Å². The van der Waals surface area contributed by atoms with Crippen molar-refractivity contribution in [3.8, 4) is 56.3 Å². The van der Waals surface area contributed by atoms with E-state index in [9.17, 15) is 0 Å². The van der Waals surface area contributed by atoms with Crippen molar-refractivity contribution in [2.75, 3.05) is 0 Å². The van der Waals surface area contributed by atoms with Crippen LogP contribution in [0.3, 0.4) is 0 Å². The largest absolute Gasteiger partial charge is 2.00 e. The van der Waals surface area contributed by atoms with Crippen molar-refractivity contribution in [3.05, 3.63) is 207 Å². The molecule has 4 aromatic heterocycles. The Balaban J connectivity index is 0.000000339. The Bertz CT molecular complexity index is 1780. The third-order valence-electron chi connectivity index (χ3n) is 7.04. The molecule has 6 heteroatoms. The summed E-state index contributed by atoms with van der Waals surface area (Å²) in [6, 6.07) is 65.7. The van der Waals surface area contributed by atoms with Crippen molar-refractivity contribution in [2.45, 2.75) is 0 Å². The second-order valence-corrected chi connectivity index (χ2v) is 10.4. The van der Waals surface area contributed by atoms with E-state index in [-0.39, 0.29) is 42.1 Å². The van der Waals surface area contributed by atoms with E-state index in [1.54, 1.807) is 18.6 Å². The van der Waals surface area contributed by atoms with Gasteiger partial charge in [-0.05, 0) is 41.6 Å². The summed E-state index contributed by atoms with van der Waals surface area (Å²) in [7, 11) is 0. The van der Waals surface area contributed by atoms with Crippen molar-refractivity contribution < 1.29 is 42.1 Å². The Morgan fingerprint density at radius 1 is 0.360 bits per heavy atom. The molecule has 0 unspecified atom stereocenters. The van der Waals surface area contributed by atoms with E-state index in [2.05, 4.69) is 63.5 Å². The van der Waals surface area contributed by atoms with Gasteiger partial charge in [0, 0.05) is 30.0 Å². The number of pyridine rings is 4. The molecule has 0 saturated carbocycles. The smallest absolute Gasteiger partial charge is 0.295 e. The molecule has 0 spiro atoms. The molecule has 0 fully saturated rings. The van der Waals surface area contributed by atoms with E-state index in [0.717, 1.165) is 56.3 Å². The summed E-state index contributed by atoms with van der Waals surface area (Å²) >= 11 is 0. The molecule has 4 heterocycles. The molecule has 8 rings (SSSR count). The number of benzene rings is 4. The van der Waals surface area contributed by atoms with Crippen LogP contribution in [0.5, 0.6) is 0 Å².